The first kappa shape index (κ1) is 19.0. The fraction of sp³-hybridized carbons (Fsp3) is 0.211. The number of benzene rings is 2. The fourth-order valence-electron chi connectivity index (χ4n) is 2.90. The van der Waals surface area contributed by atoms with Crippen LogP contribution < -0.4 is 16.2 Å². The summed E-state index contributed by atoms with van der Waals surface area (Å²) in [6, 6.07) is 13.3. The van der Waals surface area contributed by atoms with E-state index >= 15 is 0 Å². The highest BCUT2D eigenvalue weighted by molar-refractivity contribution is 5.88. The third-order valence-electron chi connectivity index (χ3n) is 4.22. The Labute approximate surface area is 160 Å². The lowest BCUT2D eigenvalue weighted by atomic mass is 10.1. The second kappa shape index (κ2) is 8.30. The summed E-state index contributed by atoms with van der Waals surface area (Å²) in [7, 11) is 1.55. The zero-order valence-corrected chi connectivity index (χ0v) is 15.2. The maximum Gasteiger partial charge on any atom is 0.292 e. The van der Waals surface area contributed by atoms with Crippen molar-refractivity contribution in [3.05, 3.63) is 74.7 Å². The zero-order chi connectivity index (χ0) is 20.1. The molecule has 0 radical (unpaired) electrons. The predicted octanol–water partition coefficient (Wildman–Crippen LogP) is 1.61. The van der Waals surface area contributed by atoms with Gasteiger partial charge >= 0.3 is 0 Å². The number of nitro groups is 1. The predicted molar refractivity (Wildman–Crippen MR) is 105 cm³/mol. The molecule has 0 aliphatic rings. The van der Waals surface area contributed by atoms with Crippen LogP contribution in [0.4, 0.5) is 11.4 Å². The van der Waals surface area contributed by atoms with Gasteiger partial charge in [0.1, 0.15) is 5.69 Å². The molecule has 2 N–H and O–H groups in total. The number of hydrogen-bond acceptors (Lipinski definition) is 6. The van der Waals surface area contributed by atoms with E-state index in [4.69, 9.17) is 0 Å². The topological polar surface area (TPSA) is 119 Å². The van der Waals surface area contributed by atoms with E-state index in [2.05, 4.69) is 15.7 Å². The monoisotopic (exact) mass is 381 g/mol. The van der Waals surface area contributed by atoms with Crippen LogP contribution in [0.5, 0.6) is 0 Å². The summed E-state index contributed by atoms with van der Waals surface area (Å²) in [4.78, 5) is 34.9. The standard InChI is InChI=1S/C19H19N5O4/c1-23-19(26)14-7-3-2-6-13(14)16(22-23)12-18(25)21-11-10-20-15-8-4-5-9-17(15)24(27)28/h2-9,20H,10-12H2,1H3,(H,21,25). The molecule has 1 amide bonds. The van der Waals surface area contributed by atoms with Crippen LogP contribution in [-0.2, 0) is 18.3 Å². The SMILES string of the molecule is Cn1nc(CC(=O)NCCNc2ccccc2[N+](=O)[O-])c2ccccc2c1=O. The van der Waals surface area contributed by atoms with Crippen molar-refractivity contribution >= 4 is 28.1 Å². The summed E-state index contributed by atoms with van der Waals surface area (Å²) in [5.41, 5.74) is 0.678. The summed E-state index contributed by atoms with van der Waals surface area (Å²) in [6.45, 7) is 0.618. The fourth-order valence-corrected chi connectivity index (χ4v) is 2.90. The number of amides is 1. The van der Waals surface area contributed by atoms with Crippen LogP contribution in [0.1, 0.15) is 5.69 Å². The Hall–Kier alpha value is -3.75. The first-order valence-corrected chi connectivity index (χ1v) is 8.66. The minimum Gasteiger partial charge on any atom is -0.378 e. The molecular weight excluding hydrogens is 362 g/mol. The molecule has 0 aliphatic heterocycles. The number of aromatic nitrogens is 2. The molecule has 0 atom stereocenters. The lowest BCUT2D eigenvalue weighted by molar-refractivity contribution is -0.384. The summed E-state index contributed by atoms with van der Waals surface area (Å²) in [6.07, 6.45) is 0.0279. The number of carbonyl (C=O) groups excluding carboxylic acids is 1. The van der Waals surface area contributed by atoms with Crippen molar-refractivity contribution in [1.82, 2.24) is 15.1 Å². The van der Waals surface area contributed by atoms with Crippen LogP contribution in [0.25, 0.3) is 10.8 Å². The van der Waals surface area contributed by atoms with Crippen LogP contribution in [-0.4, -0.2) is 33.7 Å². The third kappa shape index (κ3) is 4.14. The van der Waals surface area contributed by atoms with Gasteiger partial charge in [0.05, 0.1) is 22.4 Å². The van der Waals surface area contributed by atoms with Gasteiger partial charge in [0.25, 0.3) is 11.2 Å². The summed E-state index contributed by atoms with van der Waals surface area (Å²) >= 11 is 0. The molecule has 0 fully saturated rings. The number of carbonyl (C=O) groups is 1. The minimum atomic E-state index is -0.461. The first-order chi connectivity index (χ1) is 13.5. The Balaban J connectivity index is 1.60. The number of nitrogens with one attached hydrogen (secondary N) is 2. The molecule has 1 aromatic heterocycles. The van der Waals surface area contributed by atoms with Gasteiger partial charge in [0.2, 0.25) is 5.91 Å². The second-order valence-electron chi connectivity index (χ2n) is 6.15. The number of anilines is 1. The second-order valence-corrected chi connectivity index (χ2v) is 6.15. The molecule has 2 aromatic carbocycles. The average Bonchev–Trinajstić information content (AvgIpc) is 2.69. The summed E-state index contributed by atoms with van der Waals surface area (Å²) in [5.74, 6) is -0.249. The summed E-state index contributed by atoms with van der Waals surface area (Å²) in [5, 5.41) is 22.0. The third-order valence-corrected chi connectivity index (χ3v) is 4.22. The normalized spacial score (nSPS) is 10.6. The van der Waals surface area contributed by atoms with E-state index in [1.54, 1.807) is 49.5 Å². The number of fused-ring (bicyclic) bond motifs is 1. The lowest BCUT2D eigenvalue weighted by Crippen LogP contribution is -2.31. The molecule has 3 rings (SSSR count). The highest BCUT2D eigenvalue weighted by Crippen LogP contribution is 2.22. The van der Waals surface area contributed by atoms with Gasteiger partial charge in [-0.05, 0) is 12.1 Å². The van der Waals surface area contributed by atoms with Crippen molar-refractivity contribution in [3.63, 3.8) is 0 Å². The largest absolute Gasteiger partial charge is 0.378 e. The number of nitro benzene ring substituents is 1. The van der Waals surface area contributed by atoms with E-state index in [-0.39, 0.29) is 30.1 Å². The van der Waals surface area contributed by atoms with Crippen molar-refractivity contribution in [2.75, 3.05) is 18.4 Å². The van der Waals surface area contributed by atoms with E-state index < -0.39 is 4.92 Å². The molecule has 0 spiro atoms. The van der Waals surface area contributed by atoms with Gasteiger partial charge in [0.15, 0.2) is 0 Å². The van der Waals surface area contributed by atoms with Crippen molar-refractivity contribution in [2.45, 2.75) is 6.42 Å². The molecule has 9 nitrogen and oxygen atoms in total. The number of rotatable bonds is 7. The Bertz CT molecular complexity index is 1090. The molecule has 3 aromatic rings. The van der Waals surface area contributed by atoms with Gasteiger partial charge in [-0.3, -0.25) is 19.7 Å². The van der Waals surface area contributed by atoms with Crippen LogP contribution >= 0.6 is 0 Å². The Morgan fingerprint density at radius 3 is 2.54 bits per heavy atom. The van der Waals surface area contributed by atoms with E-state index in [9.17, 15) is 19.7 Å². The van der Waals surface area contributed by atoms with Crippen molar-refractivity contribution in [2.24, 2.45) is 7.05 Å². The Morgan fingerprint density at radius 2 is 1.79 bits per heavy atom. The molecule has 0 bridgehead atoms. The maximum absolute atomic E-state index is 12.3. The van der Waals surface area contributed by atoms with E-state index in [0.29, 0.717) is 28.7 Å². The van der Waals surface area contributed by atoms with Crippen LogP contribution in [0, 0.1) is 10.1 Å². The molecule has 1 heterocycles. The number of hydrogen-bond donors (Lipinski definition) is 2. The Kier molecular flexibility index (Phi) is 5.64. The smallest absolute Gasteiger partial charge is 0.292 e. The zero-order valence-electron chi connectivity index (χ0n) is 15.2. The van der Waals surface area contributed by atoms with E-state index in [1.807, 2.05) is 0 Å². The molecule has 0 aliphatic carbocycles. The molecule has 0 saturated carbocycles. The molecule has 9 heteroatoms. The summed E-state index contributed by atoms with van der Waals surface area (Å²) < 4.78 is 1.22. The number of para-hydroxylation sites is 2. The highest BCUT2D eigenvalue weighted by Gasteiger charge is 2.13. The minimum absolute atomic E-state index is 0.0188. The van der Waals surface area contributed by atoms with E-state index in [1.165, 1.54) is 10.7 Å². The number of nitrogens with zero attached hydrogens (tertiary/aromatic N) is 3. The quantitative estimate of drug-likeness (QED) is 0.365. The van der Waals surface area contributed by atoms with Crippen LogP contribution in [0.3, 0.4) is 0 Å². The van der Waals surface area contributed by atoms with Gasteiger partial charge in [-0.2, -0.15) is 5.10 Å². The molecular formula is C19H19N5O4. The lowest BCUT2D eigenvalue weighted by Gasteiger charge is -2.10. The van der Waals surface area contributed by atoms with Crippen LogP contribution in [0.15, 0.2) is 53.3 Å². The van der Waals surface area contributed by atoms with E-state index in [0.717, 1.165) is 0 Å². The van der Waals surface area contributed by atoms with Crippen molar-refractivity contribution in [3.8, 4) is 0 Å². The van der Waals surface area contributed by atoms with Crippen LogP contribution in [0.2, 0.25) is 0 Å². The first-order valence-electron chi connectivity index (χ1n) is 8.66. The van der Waals surface area contributed by atoms with Gasteiger partial charge in [-0.15, -0.1) is 0 Å². The average molecular weight is 381 g/mol. The van der Waals surface area contributed by atoms with Gasteiger partial charge in [-0.25, -0.2) is 4.68 Å². The van der Waals surface area contributed by atoms with Gasteiger partial charge in [0, 0.05) is 31.6 Å². The highest BCUT2D eigenvalue weighted by atomic mass is 16.6. The van der Waals surface area contributed by atoms with Crippen molar-refractivity contribution < 1.29 is 9.72 Å². The Morgan fingerprint density at radius 1 is 1.11 bits per heavy atom. The van der Waals surface area contributed by atoms with Crippen molar-refractivity contribution in [1.29, 1.82) is 0 Å². The molecule has 0 saturated heterocycles. The van der Waals surface area contributed by atoms with Gasteiger partial charge in [-0.1, -0.05) is 30.3 Å². The molecule has 28 heavy (non-hydrogen) atoms. The molecule has 144 valence electrons. The maximum atomic E-state index is 12.3. The van der Waals surface area contributed by atoms with Gasteiger partial charge < -0.3 is 10.6 Å². The molecule has 0 unspecified atom stereocenters. The number of aryl methyl sites for hydroxylation is 1.